The van der Waals surface area contributed by atoms with Gasteiger partial charge in [0, 0.05) is 13.1 Å². The zero-order valence-electron chi connectivity index (χ0n) is 11.7. The third kappa shape index (κ3) is 3.47. The number of aliphatic carboxylic acids is 1. The zero-order valence-corrected chi connectivity index (χ0v) is 12.5. The van der Waals surface area contributed by atoms with Gasteiger partial charge in [-0.15, -0.1) is 0 Å². The molecule has 1 aliphatic rings. The molecule has 1 aromatic rings. The molecular formula is C13H13F4NO4S. The van der Waals surface area contributed by atoms with Crippen LogP contribution in [0.5, 0.6) is 0 Å². The van der Waals surface area contributed by atoms with E-state index in [1.807, 2.05) is 0 Å². The summed E-state index contributed by atoms with van der Waals surface area (Å²) in [4.78, 5) is 9.78. The first-order valence-corrected chi connectivity index (χ1v) is 8.08. The number of piperidine rings is 1. The highest BCUT2D eigenvalue weighted by Crippen LogP contribution is 2.37. The van der Waals surface area contributed by atoms with Gasteiger partial charge in [0.05, 0.1) is 10.8 Å². The maximum absolute atomic E-state index is 13.6. The lowest BCUT2D eigenvalue weighted by atomic mass is 10.0. The number of benzene rings is 1. The van der Waals surface area contributed by atoms with E-state index < -0.39 is 50.9 Å². The summed E-state index contributed by atoms with van der Waals surface area (Å²) in [5.41, 5.74) is -1.86. The number of sulfonamides is 1. The van der Waals surface area contributed by atoms with Crippen molar-refractivity contribution in [1.82, 2.24) is 4.31 Å². The number of halogens is 4. The van der Waals surface area contributed by atoms with Crippen molar-refractivity contribution in [3.8, 4) is 0 Å². The minimum absolute atomic E-state index is 0.111. The molecule has 1 atom stereocenters. The quantitative estimate of drug-likeness (QED) is 0.845. The number of carbonyl (C=O) groups is 1. The molecule has 0 aliphatic carbocycles. The summed E-state index contributed by atoms with van der Waals surface area (Å²) in [7, 11) is -4.65. The molecule has 0 bridgehead atoms. The fraction of sp³-hybridized carbons (Fsp3) is 0.462. The number of carboxylic acid groups (broad SMARTS) is 1. The molecule has 2 rings (SSSR count). The first-order chi connectivity index (χ1) is 10.5. The Morgan fingerprint density at radius 3 is 2.52 bits per heavy atom. The lowest BCUT2D eigenvalue weighted by molar-refractivity contribution is -0.144. The van der Waals surface area contributed by atoms with Crippen molar-refractivity contribution in [3.05, 3.63) is 29.6 Å². The van der Waals surface area contributed by atoms with Crippen molar-refractivity contribution in [2.75, 3.05) is 13.1 Å². The number of nitrogens with zero attached hydrogens (tertiary/aromatic N) is 1. The Morgan fingerprint density at radius 1 is 1.30 bits per heavy atom. The average molecular weight is 355 g/mol. The van der Waals surface area contributed by atoms with Crippen molar-refractivity contribution in [1.29, 1.82) is 0 Å². The van der Waals surface area contributed by atoms with E-state index in [9.17, 15) is 30.8 Å². The fourth-order valence-corrected chi connectivity index (χ4v) is 4.24. The van der Waals surface area contributed by atoms with E-state index in [0.717, 1.165) is 6.07 Å². The normalized spacial score (nSPS) is 20.4. The molecule has 0 amide bonds. The molecule has 1 aromatic carbocycles. The number of hydrogen-bond donors (Lipinski definition) is 1. The van der Waals surface area contributed by atoms with Crippen LogP contribution >= 0.6 is 0 Å². The first kappa shape index (κ1) is 17.7. The Hall–Kier alpha value is -1.68. The molecule has 10 heteroatoms. The molecule has 0 spiro atoms. The van der Waals surface area contributed by atoms with Crippen LogP contribution in [0.2, 0.25) is 0 Å². The van der Waals surface area contributed by atoms with Crippen LogP contribution in [-0.4, -0.2) is 36.9 Å². The summed E-state index contributed by atoms with van der Waals surface area (Å²) in [6.45, 7) is -0.550. The van der Waals surface area contributed by atoms with Gasteiger partial charge in [0.2, 0.25) is 10.0 Å². The number of rotatable bonds is 3. The molecule has 128 valence electrons. The second kappa shape index (κ2) is 6.08. The number of carboxylic acids is 1. The lowest BCUT2D eigenvalue weighted by Crippen LogP contribution is -2.42. The van der Waals surface area contributed by atoms with Crippen molar-refractivity contribution >= 4 is 16.0 Å². The molecule has 0 aromatic heterocycles. The zero-order chi connectivity index (χ0) is 17.4. The lowest BCUT2D eigenvalue weighted by Gasteiger charge is -2.30. The van der Waals surface area contributed by atoms with Crippen LogP contribution in [0.1, 0.15) is 18.4 Å². The minimum Gasteiger partial charge on any atom is -0.481 e. The molecule has 1 N–H and O–H groups in total. The van der Waals surface area contributed by atoms with Crippen molar-refractivity contribution < 1.29 is 35.9 Å². The maximum Gasteiger partial charge on any atom is 0.420 e. The molecule has 1 aliphatic heterocycles. The average Bonchev–Trinajstić information content (AvgIpc) is 2.45. The largest absolute Gasteiger partial charge is 0.481 e. The van der Waals surface area contributed by atoms with Crippen molar-refractivity contribution in [2.45, 2.75) is 23.9 Å². The van der Waals surface area contributed by atoms with Gasteiger partial charge in [0.25, 0.3) is 0 Å². The fourth-order valence-electron chi connectivity index (χ4n) is 2.50. The van der Waals surface area contributed by atoms with Gasteiger partial charge in [0.15, 0.2) is 0 Å². The molecule has 23 heavy (non-hydrogen) atoms. The summed E-state index contributed by atoms with van der Waals surface area (Å²) < 4.78 is 78.1. The van der Waals surface area contributed by atoms with Crippen LogP contribution in [0, 0.1) is 11.7 Å². The molecule has 5 nitrogen and oxygen atoms in total. The van der Waals surface area contributed by atoms with Gasteiger partial charge in [-0.05, 0) is 25.0 Å². The third-order valence-corrected chi connectivity index (χ3v) is 5.52. The van der Waals surface area contributed by atoms with Crippen LogP contribution in [-0.2, 0) is 21.0 Å². The van der Waals surface area contributed by atoms with Gasteiger partial charge in [-0.2, -0.15) is 17.5 Å². The van der Waals surface area contributed by atoms with Gasteiger partial charge in [-0.3, -0.25) is 4.79 Å². The molecule has 1 fully saturated rings. The first-order valence-electron chi connectivity index (χ1n) is 6.64. The Morgan fingerprint density at radius 2 is 1.96 bits per heavy atom. The van der Waals surface area contributed by atoms with E-state index in [-0.39, 0.29) is 19.4 Å². The Labute approximate surface area is 129 Å². The molecule has 1 heterocycles. The molecule has 0 saturated carbocycles. The van der Waals surface area contributed by atoms with Gasteiger partial charge >= 0.3 is 12.1 Å². The second-order valence-electron chi connectivity index (χ2n) is 5.15. The minimum atomic E-state index is -5.18. The maximum atomic E-state index is 13.6. The van der Waals surface area contributed by atoms with E-state index in [1.54, 1.807) is 0 Å². The smallest absolute Gasteiger partial charge is 0.420 e. The highest BCUT2D eigenvalue weighted by molar-refractivity contribution is 7.89. The predicted octanol–water partition coefficient (Wildman–Crippen LogP) is 2.33. The standard InChI is InChI=1S/C13H13F4NO4S/c14-9-4-1-5-10(11(9)13(15,16)17)23(21,22)18-6-2-3-8(7-18)12(19)20/h1,4-5,8H,2-3,6-7H2,(H,19,20)/t8-/m1/s1. The van der Waals surface area contributed by atoms with Crippen LogP contribution in [0.25, 0.3) is 0 Å². The topological polar surface area (TPSA) is 74.7 Å². The van der Waals surface area contributed by atoms with Gasteiger partial charge in [-0.1, -0.05) is 6.07 Å². The Balaban J connectivity index is 2.49. The SMILES string of the molecule is O=C(O)[C@@H]1CCCN(S(=O)(=O)c2cccc(F)c2C(F)(F)F)C1. The highest BCUT2D eigenvalue weighted by Gasteiger charge is 2.43. The van der Waals surface area contributed by atoms with E-state index >= 15 is 0 Å². The van der Waals surface area contributed by atoms with E-state index in [2.05, 4.69) is 0 Å². The van der Waals surface area contributed by atoms with Crippen molar-refractivity contribution in [2.24, 2.45) is 5.92 Å². The van der Waals surface area contributed by atoms with E-state index in [0.29, 0.717) is 16.4 Å². The molecule has 1 saturated heterocycles. The summed E-state index contributed by atoms with van der Waals surface area (Å²) in [6.07, 6.45) is -4.75. The van der Waals surface area contributed by atoms with Gasteiger partial charge in [0.1, 0.15) is 11.4 Å². The highest BCUT2D eigenvalue weighted by atomic mass is 32.2. The summed E-state index contributed by atoms with van der Waals surface area (Å²) in [5.74, 6) is -3.91. The number of hydrogen-bond acceptors (Lipinski definition) is 3. The van der Waals surface area contributed by atoms with E-state index in [4.69, 9.17) is 5.11 Å². The Kier molecular flexibility index (Phi) is 4.67. The van der Waals surface area contributed by atoms with Crippen LogP contribution in [0.4, 0.5) is 17.6 Å². The number of alkyl halides is 3. The van der Waals surface area contributed by atoms with Crippen LogP contribution in [0.15, 0.2) is 23.1 Å². The van der Waals surface area contributed by atoms with Crippen molar-refractivity contribution in [3.63, 3.8) is 0 Å². The summed E-state index contributed by atoms with van der Waals surface area (Å²) in [6, 6.07) is 2.07. The molecule has 0 radical (unpaired) electrons. The van der Waals surface area contributed by atoms with Gasteiger partial charge < -0.3 is 5.11 Å². The van der Waals surface area contributed by atoms with E-state index in [1.165, 1.54) is 0 Å². The predicted molar refractivity (Wildman–Crippen MR) is 70.5 cm³/mol. The molecule has 0 unspecified atom stereocenters. The summed E-state index contributed by atoms with van der Waals surface area (Å²) >= 11 is 0. The molecular weight excluding hydrogens is 342 g/mol. The third-order valence-electron chi connectivity index (χ3n) is 3.61. The van der Waals surface area contributed by atoms with Gasteiger partial charge in [-0.25, -0.2) is 12.8 Å². The summed E-state index contributed by atoms with van der Waals surface area (Å²) in [5, 5.41) is 8.96. The van der Waals surface area contributed by atoms with Crippen LogP contribution < -0.4 is 0 Å². The second-order valence-corrected chi connectivity index (χ2v) is 7.06. The Bertz CT molecular complexity index is 717. The van der Waals surface area contributed by atoms with Crippen LogP contribution in [0.3, 0.4) is 0 Å². The monoisotopic (exact) mass is 355 g/mol.